The van der Waals surface area contributed by atoms with E-state index in [4.69, 9.17) is 9.47 Å². The zero-order chi connectivity index (χ0) is 23.9. The standard InChI is InChI=1S/C26H26N4O3S/c1-18-11-7-9-15-22(18)33-17-24-28-29-26(30(24)20-12-5-4-6-13-20)34-19(2)25(31)27-21-14-8-10-16-23(21)32-3/h4-16,19H,17H2,1-3H3,(H,27,31). The molecule has 0 radical (unpaired) electrons. The Kier molecular flexibility index (Phi) is 7.49. The molecule has 4 rings (SSSR count). The Bertz CT molecular complexity index is 1260. The van der Waals surface area contributed by atoms with Crippen LogP contribution in [-0.2, 0) is 11.4 Å². The summed E-state index contributed by atoms with van der Waals surface area (Å²) in [4.78, 5) is 12.9. The van der Waals surface area contributed by atoms with Gasteiger partial charge in [-0.05, 0) is 49.7 Å². The lowest BCUT2D eigenvalue weighted by Crippen LogP contribution is -2.23. The average molecular weight is 475 g/mol. The molecule has 4 aromatic rings. The number of rotatable bonds is 9. The average Bonchev–Trinajstić information content (AvgIpc) is 3.26. The van der Waals surface area contributed by atoms with Gasteiger partial charge in [0.2, 0.25) is 5.91 Å². The first kappa shape index (κ1) is 23.4. The smallest absolute Gasteiger partial charge is 0.237 e. The van der Waals surface area contributed by atoms with Gasteiger partial charge in [0.25, 0.3) is 0 Å². The third-order valence-corrected chi connectivity index (χ3v) is 6.22. The van der Waals surface area contributed by atoms with Crippen molar-refractivity contribution >= 4 is 23.4 Å². The highest BCUT2D eigenvalue weighted by Gasteiger charge is 2.22. The molecule has 1 N–H and O–H groups in total. The fourth-order valence-electron chi connectivity index (χ4n) is 3.36. The van der Waals surface area contributed by atoms with Gasteiger partial charge in [0.05, 0.1) is 18.0 Å². The maximum atomic E-state index is 12.9. The van der Waals surface area contributed by atoms with Crippen LogP contribution in [0.4, 0.5) is 5.69 Å². The lowest BCUT2D eigenvalue weighted by atomic mass is 10.2. The van der Waals surface area contributed by atoms with E-state index in [0.717, 1.165) is 17.0 Å². The van der Waals surface area contributed by atoms with Crippen molar-refractivity contribution < 1.29 is 14.3 Å². The lowest BCUT2D eigenvalue weighted by molar-refractivity contribution is -0.115. The van der Waals surface area contributed by atoms with Gasteiger partial charge in [-0.15, -0.1) is 10.2 Å². The number of anilines is 1. The Morgan fingerprint density at radius 1 is 0.971 bits per heavy atom. The van der Waals surface area contributed by atoms with Crippen molar-refractivity contribution in [3.63, 3.8) is 0 Å². The Hall–Kier alpha value is -3.78. The van der Waals surface area contributed by atoms with E-state index in [1.807, 2.05) is 91.2 Å². The molecule has 0 saturated carbocycles. The van der Waals surface area contributed by atoms with Crippen LogP contribution >= 0.6 is 11.8 Å². The van der Waals surface area contributed by atoms with Crippen molar-refractivity contribution in [2.24, 2.45) is 0 Å². The number of carbonyl (C=O) groups excluding carboxylic acids is 1. The zero-order valence-electron chi connectivity index (χ0n) is 19.3. The molecule has 7 nitrogen and oxygen atoms in total. The minimum atomic E-state index is -0.429. The summed E-state index contributed by atoms with van der Waals surface area (Å²) in [6.07, 6.45) is 0. The van der Waals surface area contributed by atoms with Crippen LogP contribution in [0, 0.1) is 6.92 Å². The maximum Gasteiger partial charge on any atom is 0.237 e. The van der Waals surface area contributed by atoms with Gasteiger partial charge in [-0.25, -0.2) is 0 Å². The second-order valence-electron chi connectivity index (χ2n) is 7.57. The Balaban J connectivity index is 1.55. The predicted molar refractivity (Wildman–Crippen MR) is 134 cm³/mol. The third kappa shape index (κ3) is 5.40. The van der Waals surface area contributed by atoms with Crippen LogP contribution < -0.4 is 14.8 Å². The second-order valence-corrected chi connectivity index (χ2v) is 8.88. The molecular formula is C26H26N4O3S. The minimum Gasteiger partial charge on any atom is -0.495 e. The van der Waals surface area contributed by atoms with E-state index >= 15 is 0 Å². The first-order valence-electron chi connectivity index (χ1n) is 10.9. The van der Waals surface area contributed by atoms with Crippen LogP contribution in [0.1, 0.15) is 18.3 Å². The lowest BCUT2D eigenvalue weighted by Gasteiger charge is -2.15. The number of hydrogen-bond acceptors (Lipinski definition) is 6. The first-order valence-corrected chi connectivity index (χ1v) is 11.7. The number of hydrogen-bond donors (Lipinski definition) is 1. The molecule has 1 unspecified atom stereocenters. The molecule has 174 valence electrons. The summed E-state index contributed by atoms with van der Waals surface area (Å²) in [5.41, 5.74) is 2.57. The number of benzene rings is 3. The maximum absolute atomic E-state index is 12.9. The minimum absolute atomic E-state index is 0.158. The number of para-hydroxylation sites is 4. The molecule has 1 amide bonds. The van der Waals surface area contributed by atoms with Gasteiger partial charge in [-0.1, -0.05) is 60.3 Å². The van der Waals surface area contributed by atoms with Crippen molar-refractivity contribution in [1.82, 2.24) is 14.8 Å². The van der Waals surface area contributed by atoms with Gasteiger partial charge in [0.1, 0.15) is 18.1 Å². The van der Waals surface area contributed by atoms with Crippen molar-refractivity contribution in [3.8, 4) is 17.2 Å². The molecule has 1 aromatic heterocycles. The molecule has 0 aliphatic heterocycles. The summed E-state index contributed by atoms with van der Waals surface area (Å²) >= 11 is 1.33. The van der Waals surface area contributed by atoms with Crippen LogP contribution in [0.3, 0.4) is 0 Å². The largest absolute Gasteiger partial charge is 0.495 e. The van der Waals surface area contributed by atoms with Crippen LogP contribution in [0.15, 0.2) is 84.0 Å². The first-order chi connectivity index (χ1) is 16.6. The second kappa shape index (κ2) is 10.9. The number of nitrogens with one attached hydrogen (secondary N) is 1. The number of thioether (sulfide) groups is 1. The van der Waals surface area contributed by atoms with E-state index < -0.39 is 5.25 Å². The normalized spacial score (nSPS) is 11.6. The molecule has 0 aliphatic rings. The molecule has 1 atom stereocenters. The molecule has 0 saturated heterocycles. The monoisotopic (exact) mass is 474 g/mol. The Morgan fingerprint density at radius 3 is 2.38 bits per heavy atom. The van der Waals surface area contributed by atoms with E-state index in [1.54, 1.807) is 13.2 Å². The zero-order valence-corrected chi connectivity index (χ0v) is 20.1. The van der Waals surface area contributed by atoms with Crippen LogP contribution in [0.2, 0.25) is 0 Å². The topological polar surface area (TPSA) is 78.3 Å². The summed E-state index contributed by atoms with van der Waals surface area (Å²) in [6.45, 7) is 4.08. The highest BCUT2D eigenvalue weighted by molar-refractivity contribution is 8.00. The highest BCUT2D eigenvalue weighted by atomic mass is 32.2. The third-order valence-electron chi connectivity index (χ3n) is 5.18. The van der Waals surface area contributed by atoms with Crippen LogP contribution in [0.5, 0.6) is 11.5 Å². The summed E-state index contributed by atoms with van der Waals surface area (Å²) in [5.74, 6) is 1.89. The number of carbonyl (C=O) groups is 1. The fourth-order valence-corrected chi connectivity index (χ4v) is 4.25. The van der Waals surface area contributed by atoms with E-state index in [1.165, 1.54) is 11.8 Å². The predicted octanol–water partition coefficient (Wildman–Crippen LogP) is 5.28. The number of amides is 1. The van der Waals surface area contributed by atoms with E-state index in [9.17, 15) is 4.79 Å². The summed E-state index contributed by atoms with van der Waals surface area (Å²) in [5, 5.41) is 11.9. The Labute approximate surface area is 203 Å². The fraction of sp³-hybridized carbons (Fsp3) is 0.192. The molecule has 0 fully saturated rings. The number of nitrogens with zero attached hydrogens (tertiary/aromatic N) is 3. The molecule has 0 bridgehead atoms. The van der Waals surface area contributed by atoms with E-state index in [-0.39, 0.29) is 12.5 Å². The number of ether oxygens (including phenoxy) is 2. The van der Waals surface area contributed by atoms with Gasteiger partial charge >= 0.3 is 0 Å². The molecule has 0 spiro atoms. The van der Waals surface area contributed by atoms with Crippen molar-refractivity contribution in [2.75, 3.05) is 12.4 Å². The van der Waals surface area contributed by atoms with Crippen molar-refractivity contribution in [3.05, 3.63) is 90.3 Å². The molecule has 3 aromatic carbocycles. The summed E-state index contributed by atoms with van der Waals surface area (Å²) in [7, 11) is 1.58. The van der Waals surface area contributed by atoms with E-state index in [0.29, 0.717) is 22.4 Å². The van der Waals surface area contributed by atoms with Gasteiger partial charge in [0.15, 0.2) is 11.0 Å². The van der Waals surface area contributed by atoms with Gasteiger partial charge < -0.3 is 14.8 Å². The SMILES string of the molecule is COc1ccccc1NC(=O)C(C)Sc1nnc(COc2ccccc2C)n1-c1ccccc1. The summed E-state index contributed by atoms with van der Waals surface area (Å²) in [6, 6.07) is 25.0. The Morgan fingerprint density at radius 2 is 1.65 bits per heavy atom. The van der Waals surface area contributed by atoms with Crippen molar-refractivity contribution in [1.29, 1.82) is 0 Å². The number of aryl methyl sites for hydroxylation is 1. The van der Waals surface area contributed by atoms with Crippen molar-refractivity contribution in [2.45, 2.75) is 30.9 Å². The van der Waals surface area contributed by atoms with Gasteiger partial charge in [-0.2, -0.15) is 0 Å². The molecule has 8 heteroatoms. The van der Waals surface area contributed by atoms with Crippen LogP contribution in [0.25, 0.3) is 5.69 Å². The molecule has 0 aliphatic carbocycles. The highest BCUT2D eigenvalue weighted by Crippen LogP contribution is 2.29. The molecule has 34 heavy (non-hydrogen) atoms. The number of aromatic nitrogens is 3. The summed E-state index contributed by atoms with van der Waals surface area (Å²) < 4.78 is 13.3. The van der Waals surface area contributed by atoms with Gasteiger partial charge in [-0.3, -0.25) is 9.36 Å². The van der Waals surface area contributed by atoms with Crippen LogP contribution in [-0.4, -0.2) is 33.0 Å². The van der Waals surface area contributed by atoms with Gasteiger partial charge in [0, 0.05) is 5.69 Å². The quantitative estimate of drug-likeness (QED) is 0.333. The van der Waals surface area contributed by atoms with E-state index in [2.05, 4.69) is 15.5 Å². The molecular weight excluding hydrogens is 448 g/mol. The number of methoxy groups -OCH3 is 1. The molecule has 1 heterocycles.